The molecule has 0 aliphatic heterocycles. The van der Waals surface area contributed by atoms with Crippen LogP contribution in [0, 0.1) is 5.82 Å². The number of ether oxygens (including phenoxy) is 2. The molecule has 1 aromatic carbocycles. The van der Waals surface area contributed by atoms with E-state index in [2.05, 4.69) is 5.32 Å². The molecule has 6 heteroatoms. The molecule has 0 heterocycles. The third kappa shape index (κ3) is 4.40. The van der Waals surface area contributed by atoms with Crippen molar-refractivity contribution in [2.24, 2.45) is 5.73 Å². The predicted octanol–water partition coefficient (Wildman–Crippen LogP) is 1.91. The number of hydrogen-bond donors (Lipinski definition) is 2. The van der Waals surface area contributed by atoms with E-state index in [1.165, 1.54) is 26.4 Å². The fourth-order valence-electron chi connectivity index (χ4n) is 1.52. The van der Waals surface area contributed by atoms with Crippen molar-refractivity contribution >= 4 is 11.6 Å². The Labute approximate surface area is 111 Å². The molecule has 0 aromatic heterocycles. The van der Waals surface area contributed by atoms with E-state index in [-0.39, 0.29) is 29.8 Å². The quantitative estimate of drug-likeness (QED) is 0.828. The lowest BCUT2D eigenvalue weighted by Gasteiger charge is -2.12. The highest BCUT2D eigenvalue weighted by molar-refractivity contribution is 5.91. The van der Waals surface area contributed by atoms with E-state index in [1.807, 2.05) is 6.92 Å². The number of methoxy groups -OCH3 is 2. The van der Waals surface area contributed by atoms with E-state index in [1.54, 1.807) is 0 Å². The first-order chi connectivity index (χ1) is 8.97. The normalized spacial score (nSPS) is 11.8. The number of rotatable bonds is 6. The maximum atomic E-state index is 13.7. The minimum Gasteiger partial charge on any atom is -0.493 e. The van der Waals surface area contributed by atoms with Gasteiger partial charge in [-0.15, -0.1) is 0 Å². The third-order valence-corrected chi connectivity index (χ3v) is 2.57. The molecule has 1 rings (SSSR count). The lowest BCUT2D eigenvalue weighted by atomic mass is 10.2. The zero-order valence-electron chi connectivity index (χ0n) is 11.3. The average molecular weight is 270 g/mol. The van der Waals surface area contributed by atoms with Crippen LogP contribution >= 0.6 is 0 Å². The van der Waals surface area contributed by atoms with Gasteiger partial charge >= 0.3 is 0 Å². The van der Waals surface area contributed by atoms with Crippen LogP contribution in [0.5, 0.6) is 11.5 Å². The maximum absolute atomic E-state index is 13.7. The zero-order chi connectivity index (χ0) is 14.4. The highest BCUT2D eigenvalue weighted by atomic mass is 19.1. The molecular formula is C13H19FN2O3. The van der Waals surface area contributed by atoms with Crippen LogP contribution in [0.3, 0.4) is 0 Å². The van der Waals surface area contributed by atoms with Crippen LogP contribution in [0.15, 0.2) is 12.1 Å². The van der Waals surface area contributed by atoms with E-state index in [0.717, 1.165) is 0 Å². The van der Waals surface area contributed by atoms with Gasteiger partial charge in [-0.25, -0.2) is 4.39 Å². The minimum absolute atomic E-state index is 0.0623. The van der Waals surface area contributed by atoms with E-state index in [4.69, 9.17) is 15.2 Å². The number of halogens is 1. The number of benzene rings is 1. The molecule has 1 aromatic rings. The van der Waals surface area contributed by atoms with Gasteiger partial charge in [0.05, 0.1) is 19.9 Å². The fourth-order valence-corrected chi connectivity index (χ4v) is 1.52. The van der Waals surface area contributed by atoms with Crippen molar-refractivity contribution in [3.63, 3.8) is 0 Å². The van der Waals surface area contributed by atoms with Gasteiger partial charge in [-0.1, -0.05) is 0 Å². The van der Waals surface area contributed by atoms with Crippen LogP contribution in [0.4, 0.5) is 10.1 Å². The van der Waals surface area contributed by atoms with Gasteiger partial charge in [-0.3, -0.25) is 4.79 Å². The zero-order valence-corrected chi connectivity index (χ0v) is 11.3. The average Bonchev–Trinajstić information content (AvgIpc) is 2.38. The van der Waals surface area contributed by atoms with Crippen molar-refractivity contribution in [3.8, 4) is 11.5 Å². The number of carbonyl (C=O) groups excluding carboxylic acids is 1. The van der Waals surface area contributed by atoms with Gasteiger partial charge in [-0.2, -0.15) is 0 Å². The molecule has 0 spiro atoms. The Hall–Kier alpha value is -1.82. The summed E-state index contributed by atoms with van der Waals surface area (Å²) >= 11 is 0. The molecule has 3 N–H and O–H groups in total. The van der Waals surface area contributed by atoms with Crippen LogP contribution in [0.1, 0.15) is 19.8 Å². The van der Waals surface area contributed by atoms with Crippen LogP contribution in [0.25, 0.3) is 0 Å². The molecule has 19 heavy (non-hydrogen) atoms. The van der Waals surface area contributed by atoms with E-state index in [0.29, 0.717) is 12.2 Å². The van der Waals surface area contributed by atoms with Crippen molar-refractivity contribution in [1.29, 1.82) is 0 Å². The molecule has 0 radical (unpaired) electrons. The largest absolute Gasteiger partial charge is 0.493 e. The summed E-state index contributed by atoms with van der Waals surface area (Å²) in [7, 11) is 2.86. The van der Waals surface area contributed by atoms with Crippen molar-refractivity contribution < 1.29 is 18.7 Å². The van der Waals surface area contributed by atoms with E-state index >= 15 is 0 Å². The molecule has 1 atom stereocenters. The smallest absolute Gasteiger partial charge is 0.224 e. The van der Waals surface area contributed by atoms with Crippen LogP contribution in [-0.2, 0) is 4.79 Å². The summed E-state index contributed by atoms with van der Waals surface area (Å²) in [6, 6.07) is 2.48. The third-order valence-electron chi connectivity index (χ3n) is 2.57. The summed E-state index contributed by atoms with van der Waals surface area (Å²) in [5.74, 6) is -0.241. The Bertz CT molecular complexity index is 450. The summed E-state index contributed by atoms with van der Waals surface area (Å²) < 4.78 is 23.7. The molecule has 106 valence electrons. The highest BCUT2D eigenvalue weighted by Gasteiger charge is 2.13. The monoisotopic (exact) mass is 270 g/mol. The number of nitrogens with one attached hydrogen (secondary N) is 1. The standard InChI is InChI=1S/C13H19FN2O3/c1-8(15)4-5-13(17)16-10-7-12(19-3)11(18-2)6-9(10)14/h6-8H,4-5,15H2,1-3H3,(H,16,17). The second-order valence-corrected chi connectivity index (χ2v) is 4.25. The fraction of sp³-hybridized carbons (Fsp3) is 0.462. The molecule has 5 nitrogen and oxygen atoms in total. The van der Waals surface area contributed by atoms with Crippen molar-refractivity contribution in [2.45, 2.75) is 25.8 Å². The molecule has 0 fully saturated rings. The molecule has 0 aliphatic rings. The second kappa shape index (κ2) is 6.94. The lowest BCUT2D eigenvalue weighted by molar-refractivity contribution is -0.116. The summed E-state index contributed by atoms with van der Waals surface area (Å²) in [5.41, 5.74) is 5.62. The Balaban J connectivity index is 2.80. The minimum atomic E-state index is -0.577. The molecule has 0 saturated heterocycles. The van der Waals surface area contributed by atoms with Gasteiger partial charge in [0.15, 0.2) is 17.3 Å². The van der Waals surface area contributed by atoms with Gasteiger partial charge in [0.2, 0.25) is 5.91 Å². The molecule has 0 aliphatic carbocycles. The molecule has 0 bridgehead atoms. The van der Waals surface area contributed by atoms with Gasteiger partial charge in [0, 0.05) is 24.6 Å². The van der Waals surface area contributed by atoms with Gasteiger partial charge < -0.3 is 20.5 Å². The first kappa shape index (κ1) is 15.2. The summed E-state index contributed by atoms with van der Waals surface area (Å²) in [6.07, 6.45) is 0.784. The first-order valence-corrected chi connectivity index (χ1v) is 5.95. The van der Waals surface area contributed by atoms with Crippen LogP contribution in [-0.4, -0.2) is 26.2 Å². The number of nitrogens with two attached hydrogens (primary N) is 1. The number of carbonyl (C=O) groups is 1. The number of hydrogen-bond acceptors (Lipinski definition) is 4. The number of anilines is 1. The Morgan fingerprint density at radius 2 is 1.95 bits per heavy atom. The Morgan fingerprint density at radius 1 is 1.37 bits per heavy atom. The van der Waals surface area contributed by atoms with Crippen LogP contribution in [0.2, 0.25) is 0 Å². The molecular weight excluding hydrogens is 251 g/mol. The van der Waals surface area contributed by atoms with Gasteiger partial charge in [-0.05, 0) is 13.3 Å². The molecule has 1 amide bonds. The van der Waals surface area contributed by atoms with Crippen LogP contribution < -0.4 is 20.5 Å². The molecule has 0 saturated carbocycles. The Kier molecular flexibility index (Phi) is 5.57. The van der Waals surface area contributed by atoms with Crippen molar-refractivity contribution in [2.75, 3.05) is 19.5 Å². The summed E-state index contributed by atoms with van der Waals surface area (Å²) in [6.45, 7) is 1.81. The summed E-state index contributed by atoms with van der Waals surface area (Å²) in [5, 5.41) is 2.49. The van der Waals surface area contributed by atoms with Gasteiger partial charge in [0.25, 0.3) is 0 Å². The van der Waals surface area contributed by atoms with E-state index in [9.17, 15) is 9.18 Å². The highest BCUT2D eigenvalue weighted by Crippen LogP contribution is 2.32. The Morgan fingerprint density at radius 3 is 2.47 bits per heavy atom. The topological polar surface area (TPSA) is 73.6 Å². The SMILES string of the molecule is COc1cc(F)c(NC(=O)CCC(C)N)cc1OC. The number of amides is 1. The summed E-state index contributed by atoms with van der Waals surface area (Å²) in [4.78, 5) is 11.6. The predicted molar refractivity (Wildman–Crippen MR) is 71.0 cm³/mol. The van der Waals surface area contributed by atoms with Crippen molar-refractivity contribution in [3.05, 3.63) is 17.9 Å². The second-order valence-electron chi connectivity index (χ2n) is 4.25. The maximum Gasteiger partial charge on any atom is 0.224 e. The van der Waals surface area contributed by atoms with Crippen molar-refractivity contribution in [1.82, 2.24) is 0 Å². The first-order valence-electron chi connectivity index (χ1n) is 5.95. The van der Waals surface area contributed by atoms with Gasteiger partial charge in [0.1, 0.15) is 0 Å². The molecule has 1 unspecified atom stereocenters. The lowest BCUT2D eigenvalue weighted by Crippen LogP contribution is -2.19. The van der Waals surface area contributed by atoms with E-state index < -0.39 is 5.82 Å².